The maximum absolute atomic E-state index is 13.8. The number of carbonyl (C=O) groups is 1. The highest BCUT2D eigenvalue weighted by molar-refractivity contribution is 6.17. The van der Waals surface area contributed by atoms with Crippen molar-refractivity contribution in [2.75, 3.05) is 5.88 Å². The molecule has 0 saturated heterocycles. The SMILES string of the molecule is CCC(CCCl)NC(=O)c1cccc(C(F)(F)F)c1F. The van der Waals surface area contributed by atoms with Gasteiger partial charge in [-0.2, -0.15) is 13.2 Å². The lowest BCUT2D eigenvalue weighted by atomic mass is 10.1. The first-order valence-electron chi connectivity index (χ1n) is 6.03. The zero-order valence-corrected chi connectivity index (χ0v) is 11.5. The van der Waals surface area contributed by atoms with Crippen LogP contribution in [0.3, 0.4) is 0 Å². The van der Waals surface area contributed by atoms with Gasteiger partial charge in [-0.25, -0.2) is 4.39 Å². The molecular weight excluding hydrogens is 298 g/mol. The smallest absolute Gasteiger partial charge is 0.349 e. The van der Waals surface area contributed by atoms with E-state index in [0.29, 0.717) is 24.8 Å². The number of carbonyl (C=O) groups excluding carboxylic acids is 1. The first-order chi connectivity index (χ1) is 9.31. The molecule has 0 bridgehead atoms. The van der Waals surface area contributed by atoms with Crippen LogP contribution in [0.5, 0.6) is 0 Å². The molecule has 2 nitrogen and oxygen atoms in total. The third kappa shape index (κ3) is 4.10. The monoisotopic (exact) mass is 311 g/mol. The molecule has 1 aromatic rings. The van der Waals surface area contributed by atoms with E-state index in [0.717, 1.165) is 12.1 Å². The zero-order chi connectivity index (χ0) is 15.3. The van der Waals surface area contributed by atoms with Crippen molar-refractivity contribution >= 4 is 17.5 Å². The lowest BCUT2D eigenvalue weighted by molar-refractivity contribution is -0.140. The maximum Gasteiger partial charge on any atom is 0.419 e. The van der Waals surface area contributed by atoms with E-state index in [4.69, 9.17) is 11.6 Å². The minimum Gasteiger partial charge on any atom is -0.349 e. The average Bonchev–Trinajstić information content (AvgIpc) is 2.36. The van der Waals surface area contributed by atoms with Crippen molar-refractivity contribution in [2.45, 2.75) is 32.0 Å². The molecule has 1 rings (SSSR count). The van der Waals surface area contributed by atoms with E-state index in [1.165, 1.54) is 0 Å². The van der Waals surface area contributed by atoms with Crippen molar-refractivity contribution in [3.63, 3.8) is 0 Å². The van der Waals surface area contributed by atoms with Crippen LogP contribution in [0.25, 0.3) is 0 Å². The number of alkyl halides is 4. The quantitative estimate of drug-likeness (QED) is 0.647. The summed E-state index contributed by atoms with van der Waals surface area (Å²) in [6, 6.07) is 2.33. The van der Waals surface area contributed by atoms with Crippen LogP contribution in [-0.4, -0.2) is 17.8 Å². The molecule has 0 fully saturated rings. The summed E-state index contributed by atoms with van der Waals surface area (Å²) in [6.45, 7) is 1.79. The third-order valence-electron chi connectivity index (χ3n) is 2.83. The summed E-state index contributed by atoms with van der Waals surface area (Å²) in [5.74, 6) is -2.13. The Bertz CT molecular complexity index is 476. The number of hydrogen-bond donors (Lipinski definition) is 1. The van der Waals surface area contributed by atoms with E-state index >= 15 is 0 Å². The number of amides is 1. The molecule has 0 saturated carbocycles. The van der Waals surface area contributed by atoms with Crippen molar-refractivity contribution in [2.24, 2.45) is 0 Å². The molecule has 20 heavy (non-hydrogen) atoms. The summed E-state index contributed by atoms with van der Waals surface area (Å²) in [4.78, 5) is 11.8. The zero-order valence-electron chi connectivity index (χ0n) is 10.7. The van der Waals surface area contributed by atoms with Crippen LogP contribution in [0.15, 0.2) is 18.2 Å². The largest absolute Gasteiger partial charge is 0.419 e. The highest BCUT2D eigenvalue weighted by Gasteiger charge is 2.35. The molecule has 0 aliphatic heterocycles. The number of rotatable bonds is 5. The molecule has 1 amide bonds. The summed E-state index contributed by atoms with van der Waals surface area (Å²) < 4.78 is 51.4. The molecule has 1 atom stereocenters. The van der Waals surface area contributed by atoms with Gasteiger partial charge in [0.15, 0.2) is 0 Å². The molecule has 7 heteroatoms. The molecule has 0 spiro atoms. The summed E-state index contributed by atoms with van der Waals surface area (Å²) in [7, 11) is 0. The highest BCUT2D eigenvalue weighted by atomic mass is 35.5. The topological polar surface area (TPSA) is 29.1 Å². The summed E-state index contributed by atoms with van der Waals surface area (Å²) in [6.07, 6.45) is -3.82. The van der Waals surface area contributed by atoms with E-state index in [9.17, 15) is 22.4 Å². The Hall–Kier alpha value is -1.30. The van der Waals surface area contributed by atoms with Gasteiger partial charge in [-0.1, -0.05) is 13.0 Å². The van der Waals surface area contributed by atoms with Gasteiger partial charge < -0.3 is 5.32 Å². The van der Waals surface area contributed by atoms with Gasteiger partial charge in [0.1, 0.15) is 5.82 Å². The molecule has 0 aliphatic carbocycles. The van der Waals surface area contributed by atoms with E-state index in [-0.39, 0.29) is 6.04 Å². The second-order valence-electron chi connectivity index (χ2n) is 4.22. The number of hydrogen-bond acceptors (Lipinski definition) is 1. The van der Waals surface area contributed by atoms with Crippen LogP contribution in [0.2, 0.25) is 0 Å². The molecule has 1 N–H and O–H groups in total. The van der Waals surface area contributed by atoms with Crippen molar-refractivity contribution < 1.29 is 22.4 Å². The van der Waals surface area contributed by atoms with Gasteiger partial charge in [0.2, 0.25) is 0 Å². The molecule has 0 radical (unpaired) electrons. The van der Waals surface area contributed by atoms with Crippen LogP contribution >= 0.6 is 11.6 Å². The van der Waals surface area contributed by atoms with E-state index < -0.39 is 29.0 Å². The molecule has 1 unspecified atom stereocenters. The average molecular weight is 312 g/mol. The van der Waals surface area contributed by atoms with Gasteiger partial charge in [0, 0.05) is 11.9 Å². The molecule has 0 aliphatic rings. The van der Waals surface area contributed by atoms with E-state index in [1.54, 1.807) is 6.92 Å². The fourth-order valence-electron chi connectivity index (χ4n) is 1.70. The highest BCUT2D eigenvalue weighted by Crippen LogP contribution is 2.32. The Morgan fingerprint density at radius 1 is 1.40 bits per heavy atom. The summed E-state index contributed by atoms with van der Waals surface area (Å²) >= 11 is 5.55. The van der Waals surface area contributed by atoms with Gasteiger partial charge in [-0.15, -0.1) is 11.6 Å². The lowest BCUT2D eigenvalue weighted by Gasteiger charge is -2.17. The van der Waals surface area contributed by atoms with Crippen LogP contribution in [0.1, 0.15) is 35.7 Å². The normalized spacial score (nSPS) is 13.1. The third-order valence-corrected chi connectivity index (χ3v) is 3.05. The van der Waals surface area contributed by atoms with E-state index in [2.05, 4.69) is 5.32 Å². The Morgan fingerprint density at radius 3 is 2.55 bits per heavy atom. The van der Waals surface area contributed by atoms with Gasteiger partial charge in [0.25, 0.3) is 5.91 Å². The minimum atomic E-state index is -4.83. The van der Waals surface area contributed by atoms with Gasteiger partial charge in [-0.05, 0) is 25.0 Å². The predicted molar refractivity (Wildman–Crippen MR) is 68.3 cm³/mol. The lowest BCUT2D eigenvalue weighted by Crippen LogP contribution is -2.35. The Morgan fingerprint density at radius 2 is 2.05 bits per heavy atom. The molecule has 112 valence electrons. The Balaban J connectivity index is 3.00. The van der Waals surface area contributed by atoms with Gasteiger partial charge >= 0.3 is 6.18 Å². The molecule has 1 aromatic carbocycles. The van der Waals surface area contributed by atoms with E-state index in [1.807, 2.05) is 0 Å². The maximum atomic E-state index is 13.8. The predicted octanol–water partition coefficient (Wildman–Crippen LogP) is 3.98. The molecule has 0 heterocycles. The van der Waals surface area contributed by atoms with Gasteiger partial charge in [-0.3, -0.25) is 4.79 Å². The number of halogens is 5. The second kappa shape index (κ2) is 6.92. The van der Waals surface area contributed by atoms with Crippen molar-refractivity contribution in [1.82, 2.24) is 5.32 Å². The van der Waals surface area contributed by atoms with Crippen LogP contribution in [-0.2, 0) is 6.18 Å². The van der Waals surface area contributed by atoms with Gasteiger partial charge in [0.05, 0.1) is 11.1 Å². The van der Waals surface area contributed by atoms with Crippen molar-refractivity contribution in [3.8, 4) is 0 Å². The summed E-state index contributed by atoms with van der Waals surface area (Å²) in [5, 5.41) is 2.47. The van der Waals surface area contributed by atoms with Crippen molar-refractivity contribution in [1.29, 1.82) is 0 Å². The standard InChI is InChI=1S/C13H14ClF4NO/c1-2-8(6-7-14)19-12(20)9-4-3-5-10(11(9)15)13(16,17)18/h3-5,8H,2,6-7H2,1H3,(H,19,20). The second-order valence-corrected chi connectivity index (χ2v) is 4.60. The van der Waals surface area contributed by atoms with Crippen LogP contribution in [0.4, 0.5) is 17.6 Å². The Labute approximate surface area is 119 Å². The fourth-order valence-corrected chi connectivity index (χ4v) is 1.96. The van der Waals surface area contributed by atoms with Crippen molar-refractivity contribution in [3.05, 3.63) is 35.1 Å². The van der Waals surface area contributed by atoms with Crippen LogP contribution in [0, 0.1) is 5.82 Å². The van der Waals surface area contributed by atoms with Crippen LogP contribution < -0.4 is 5.32 Å². The number of benzene rings is 1. The summed E-state index contributed by atoms with van der Waals surface area (Å²) in [5.41, 5.74) is -2.07. The first-order valence-corrected chi connectivity index (χ1v) is 6.57. The first kappa shape index (κ1) is 16.8. The molecular formula is C13H14ClF4NO. The number of nitrogens with one attached hydrogen (secondary N) is 1. The minimum absolute atomic E-state index is 0.295. The fraction of sp³-hybridized carbons (Fsp3) is 0.462. The molecule has 0 aromatic heterocycles. The Kier molecular flexibility index (Phi) is 5.80.